The molecule has 21 heavy (non-hydrogen) atoms. The number of hydrogen-bond acceptors (Lipinski definition) is 8. The molecule has 1 aliphatic carbocycles. The van der Waals surface area contributed by atoms with E-state index in [-0.39, 0.29) is 11.5 Å². The Kier molecular flexibility index (Phi) is 2.93. The van der Waals surface area contributed by atoms with Gasteiger partial charge in [-0.25, -0.2) is 10.1 Å². The Morgan fingerprint density at radius 1 is 1.48 bits per heavy atom. The zero-order valence-electron chi connectivity index (χ0n) is 10.8. The first-order valence-corrected chi connectivity index (χ1v) is 8.19. The highest BCUT2D eigenvalue weighted by molar-refractivity contribution is 7.98. The van der Waals surface area contributed by atoms with Gasteiger partial charge in [-0.2, -0.15) is 14.6 Å². The fourth-order valence-corrected chi connectivity index (χ4v) is 3.69. The third kappa shape index (κ3) is 2.51. The van der Waals surface area contributed by atoms with Crippen LogP contribution in [0.1, 0.15) is 29.5 Å². The summed E-state index contributed by atoms with van der Waals surface area (Å²) in [6.07, 6.45) is 2.31. The maximum atomic E-state index is 12.1. The first-order valence-electron chi connectivity index (χ1n) is 6.39. The van der Waals surface area contributed by atoms with Crippen molar-refractivity contribution in [2.75, 3.05) is 5.73 Å². The van der Waals surface area contributed by atoms with Crippen molar-refractivity contribution in [1.29, 1.82) is 0 Å². The van der Waals surface area contributed by atoms with Gasteiger partial charge in [0.15, 0.2) is 0 Å². The molecule has 3 aromatic rings. The van der Waals surface area contributed by atoms with Gasteiger partial charge >= 0.3 is 0 Å². The van der Waals surface area contributed by atoms with Crippen molar-refractivity contribution in [3.8, 4) is 0 Å². The molecule has 1 aliphatic rings. The second-order valence-electron chi connectivity index (χ2n) is 4.79. The van der Waals surface area contributed by atoms with Crippen molar-refractivity contribution in [2.45, 2.75) is 29.7 Å². The SMILES string of the molecule is Nc1nc(SCc2cc(=O)n3nc(C4CC4)sc3n2)n[nH]1. The summed E-state index contributed by atoms with van der Waals surface area (Å²) in [4.78, 5) is 21.2. The average molecular weight is 321 g/mol. The minimum absolute atomic E-state index is 0.145. The molecule has 0 aliphatic heterocycles. The molecule has 0 amide bonds. The summed E-state index contributed by atoms with van der Waals surface area (Å²) in [6.45, 7) is 0. The second kappa shape index (κ2) is 4.81. The Labute approximate surface area is 126 Å². The first-order chi connectivity index (χ1) is 10.2. The number of nitrogen functional groups attached to an aromatic ring is 1. The lowest BCUT2D eigenvalue weighted by molar-refractivity contribution is 0.848. The molecule has 0 bridgehead atoms. The number of fused-ring (bicyclic) bond motifs is 1. The van der Waals surface area contributed by atoms with Gasteiger partial charge in [0.1, 0.15) is 5.01 Å². The molecule has 4 rings (SSSR count). The number of thioether (sulfide) groups is 1. The number of nitrogens with one attached hydrogen (secondary N) is 1. The van der Waals surface area contributed by atoms with Gasteiger partial charge in [0.2, 0.25) is 16.1 Å². The van der Waals surface area contributed by atoms with Crippen LogP contribution in [0.5, 0.6) is 0 Å². The molecule has 0 unspecified atom stereocenters. The fraction of sp³-hybridized carbons (Fsp3) is 0.364. The van der Waals surface area contributed by atoms with Crippen LogP contribution in [-0.4, -0.2) is 29.8 Å². The quantitative estimate of drug-likeness (QED) is 0.689. The minimum Gasteiger partial charge on any atom is -0.368 e. The van der Waals surface area contributed by atoms with Gasteiger partial charge in [-0.1, -0.05) is 23.1 Å². The standard InChI is InChI=1S/C11H11N7OS2/c12-9-14-10(16-15-9)20-4-6-3-7(19)18-11(13-6)21-8(17-18)5-1-2-5/h3,5H,1-2,4H2,(H3,12,14,15,16). The van der Waals surface area contributed by atoms with E-state index in [2.05, 4.69) is 25.3 Å². The Morgan fingerprint density at radius 2 is 2.33 bits per heavy atom. The van der Waals surface area contributed by atoms with Crippen LogP contribution in [0.25, 0.3) is 4.96 Å². The fourth-order valence-electron chi connectivity index (χ4n) is 1.90. The number of aromatic amines is 1. The number of H-pyrrole nitrogens is 1. The van der Waals surface area contributed by atoms with Crippen LogP contribution in [0.2, 0.25) is 0 Å². The number of anilines is 1. The monoisotopic (exact) mass is 321 g/mol. The van der Waals surface area contributed by atoms with E-state index in [9.17, 15) is 4.79 Å². The van der Waals surface area contributed by atoms with E-state index in [1.807, 2.05) is 0 Å². The largest absolute Gasteiger partial charge is 0.368 e. The van der Waals surface area contributed by atoms with Crippen molar-refractivity contribution >= 4 is 34.0 Å². The van der Waals surface area contributed by atoms with Crippen molar-refractivity contribution in [2.24, 2.45) is 0 Å². The predicted molar refractivity (Wildman–Crippen MR) is 79.5 cm³/mol. The molecule has 0 aromatic carbocycles. The smallest absolute Gasteiger partial charge is 0.275 e. The van der Waals surface area contributed by atoms with Crippen LogP contribution in [0.4, 0.5) is 5.95 Å². The number of hydrogen-bond donors (Lipinski definition) is 2. The molecule has 1 fully saturated rings. The minimum atomic E-state index is -0.145. The molecule has 1 saturated carbocycles. The Morgan fingerprint density at radius 3 is 3.05 bits per heavy atom. The molecule has 3 N–H and O–H groups in total. The third-order valence-corrected chi connectivity index (χ3v) is 5.02. The molecule has 8 nitrogen and oxygen atoms in total. The lowest BCUT2D eigenvalue weighted by Crippen LogP contribution is -2.15. The van der Waals surface area contributed by atoms with Gasteiger partial charge in [0.25, 0.3) is 5.56 Å². The van der Waals surface area contributed by atoms with Gasteiger partial charge in [-0.15, -0.1) is 5.10 Å². The topological polar surface area (TPSA) is 115 Å². The Bertz CT molecular complexity index is 863. The molecule has 0 spiro atoms. The van der Waals surface area contributed by atoms with E-state index >= 15 is 0 Å². The van der Waals surface area contributed by atoms with Crippen molar-refractivity contribution in [3.63, 3.8) is 0 Å². The van der Waals surface area contributed by atoms with Gasteiger partial charge in [0.05, 0.1) is 5.69 Å². The molecule has 3 aromatic heterocycles. The van der Waals surface area contributed by atoms with E-state index < -0.39 is 0 Å². The summed E-state index contributed by atoms with van der Waals surface area (Å²) in [5.74, 6) is 1.31. The lowest BCUT2D eigenvalue weighted by Gasteiger charge is -1.97. The molecule has 3 heterocycles. The number of aromatic nitrogens is 6. The van der Waals surface area contributed by atoms with E-state index in [4.69, 9.17) is 5.73 Å². The second-order valence-corrected chi connectivity index (χ2v) is 6.72. The van der Waals surface area contributed by atoms with Crippen LogP contribution in [-0.2, 0) is 5.75 Å². The van der Waals surface area contributed by atoms with E-state index in [1.54, 1.807) is 0 Å². The highest BCUT2D eigenvalue weighted by atomic mass is 32.2. The highest BCUT2D eigenvalue weighted by Gasteiger charge is 2.28. The summed E-state index contributed by atoms with van der Waals surface area (Å²) in [5, 5.41) is 12.4. The summed E-state index contributed by atoms with van der Waals surface area (Å²) in [6, 6.07) is 1.51. The normalized spacial score (nSPS) is 14.9. The summed E-state index contributed by atoms with van der Waals surface area (Å²) in [5.41, 5.74) is 6.01. The van der Waals surface area contributed by atoms with E-state index in [0.29, 0.717) is 27.5 Å². The van der Waals surface area contributed by atoms with E-state index in [0.717, 1.165) is 17.8 Å². The number of rotatable bonds is 4. The van der Waals surface area contributed by atoms with Crippen LogP contribution in [0, 0.1) is 0 Å². The van der Waals surface area contributed by atoms with Crippen LogP contribution in [0.15, 0.2) is 16.0 Å². The van der Waals surface area contributed by atoms with Gasteiger partial charge in [-0.05, 0) is 12.8 Å². The van der Waals surface area contributed by atoms with Crippen LogP contribution >= 0.6 is 23.1 Å². The number of nitrogens with zero attached hydrogens (tertiary/aromatic N) is 5. The Balaban J connectivity index is 1.61. The lowest BCUT2D eigenvalue weighted by atomic mass is 10.4. The molecule has 0 saturated heterocycles. The molecular weight excluding hydrogens is 310 g/mol. The maximum absolute atomic E-state index is 12.1. The first kappa shape index (κ1) is 12.8. The molecule has 0 atom stereocenters. The highest BCUT2D eigenvalue weighted by Crippen LogP contribution is 2.41. The van der Waals surface area contributed by atoms with Crippen LogP contribution in [0.3, 0.4) is 0 Å². The van der Waals surface area contributed by atoms with E-state index in [1.165, 1.54) is 33.7 Å². The molecule has 10 heteroatoms. The van der Waals surface area contributed by atoms with Gasteiger partial charge in [0, 0.05) is 17.7 Å². The van der Waals surface area contributed by atoms with Crippen molar-refractivity contribution in [3.05, 3.63) is 27.1 Å². The summed E-state index contributed by atoms with van der Waals surface area (Å²) in [7, 11) is 0. The van der Waals surface area contributed by atoms with Crippen molar-refractivity contribution in [1.82, 2.24) is 29.8 Å². The van der Waals surface area contributed by atoms with Crippen LogP contribution < -0.4 is 11.3 Å². The molecule has 0 radical (unpaired) electrons. The zero-order chi connectivity index (χ0) is 14.4. The van der Waals surface area contributed by atoms with Crippen molar-refractivity contribution < 1.29 is 0 Å². The van der Waals surface area contributed by atoms with Gasteiger partial charge < -0.3 is 5.73 Å². The van der Waals surface area contributed by atoms with Gasteiger partial charge in [-0.3, -0.25) is 4.79 Å². The molecule has 108 valence electrons. The zero-order valence-corrected chi connectivity index (χ0v) is 12.4. The Hall–Kier alpha value is -1.94. The number of nitrogens with two attached hydrogens (primary N) is 1. The predicted octanol–water partition coefficient (Wildman–Crippen LogP) is 1.02. The third-order valence-electron chi connectivity index (χ3n) is 3.07. The molecular formula is C11H11N7OS2. The average Bonchev–Trinajstić information content (AvgIpc) is 3.08. The maximum Gasteiger partial charge on any atom is 0.275 e. The summed E-state index contributed by atoms with van der Waals surface area (Å²) < 4.78 is 1.39. The summed E-state index contributed by atoms with van der Waals surface area (Å²) >= 11 is 2.87.